The molecule has 0 radical (unpaired) electrons. The van der Waals surface area contributed by atoms with E-state index in [1.807, 2.05) is 0 Å². The van der Waals surface area contributed by atoms with Crippen molar-refractivity contribution in [2.24, 2.45) is 17.3 Å². The average molecular weight is 223 g/mol. The molecule has 1 nitrogen and oxygen atoms in total. The molecule has 16 heavy (non-hydrogen) atoms. The van der Waals surface area contributed by atoms with Gasteiger partial charge in [0.25, 0.3) is 0 Å². The largest absolute Gasteiger partial charge is 0.313 e. The third-order valence-electron chi connectivity index (χ3n) is 5.00. The van der Waals surface area contributed by atoms with Crippen molar-refractivity contribution in [2.45, 2.75) is 71.8 Å². The van der Waals surface area contributed by atoms with Gasteiger partial charge in [-0.2, -0.15) is 0 Å². The Labute approximate surface area is 101 Å². The Bertz CT molecular complexity index is 209. The van der Waals surface area contributed by atoms with Crippen LogP contribution in [0.15, 0.2) is 0 Å². The molecule has 2 rings (SSSR count). The van der Waals surface area contributed by atoms with E-state index in [-0.39, 0.29) is 0 Å². The van der Waals surface area contributed by atoms with Gasteiger partial charge < -0.3 is 5.32 Å². The molecule has 0 aliphatic heterocycles. The van der Waals surface area contributed by atoms with Gasteiger partial charge in [-0.25, -0.2) is 0 Å². The van der Waals surface area contributed by atoms with Crippen LogP contribution in [0, 0.1) is 17.3 Å². The second kappa shape index (κ2) is 5.08. The minimum absolute atomic E-state index is 0.612. The van der Waals surface area contributed by atoms with Gasteiger partial charge in [-0.05, 0) is 42.9 Å². The zero-order valence-electron chi connectivity index (χ0n) is 11.4. The van der Waals surface area contributed by atoms with Crippen LogP contribution in [-0.4, -0.2) is 12.6 Å². The van der Waals surface area contributed by atoms with Crippen LogP contribution in [-0.2, 0) is 0 Å². The number of hydrogen-bond acceptors (Lipinski definition) is 1. The predicted octanol–water partition coefficient (Wildman–Crippen LogP) is 3.98. The van der Waals surface area contributed by atoms with Crippen LogP contribution in [0.3, 0.4) is 0 Å². The molecule has 0 aromatic carbocycles. The third kappa shape index (κ3) is 3.00. The first kappa shape index (κ1) is 12.4. The van der Waals surface area contributed by atoms with Gasteiger partial charge in [0.2, 0.25) is 0 Å². The maximum absolute atomic E-state index is 3.81. The normalized spacial score (nSPS) is 33.8. The van der Waals surface area contributed by atoms with E-state index in [9.17, 15) is 0 Å². The van der Waals surface area contributed by atoms with Gasteiger partial charge >= 0.3 is 0 Å². The van der Waals surface area contributed by atoms with Gasteiger partial charge in [0.15, 0.2) is 0 Å². The molecule has 0 aromatic heterocycles. The van der Waals surface area contributed by atoms with Crippen LogP contribution in [0.5, 0.6) is 0 Å². The quantitative estimate of drug-likeness (QED) is 0.760. The zero-order valence-corrected chi connectivity index (χ0v) is 11.4. The molecule has 0 amide bonds. The van der Waals surface area contributed by atoms with Gasteiger partial charge in [0.1, 0.15) is 0 Å². The maximum atomic E-state index is 3.81. The summed E-state index contributed by atoms with van der Waals surface area (Å²) in [6.07, 6.45) is 10.1. The van der Waals surface area contributed by atoms with E-state index in [1.54, 1.807) is 0 Å². The predicted molar refractivity (Wildman–Crippen MR) is 70.5 cm³/mol. The molecule has 0 unspecified atom stereocenters. The third-order valence-corrected chi connectivity index (χ3v) is 5.00. The molecule has 0 atom stereocenters. The molecule has 2 aliphatic carbocycles. The number of rotatable bonds is 4. The van der Waals surface area contributed by atoms with Crippen molar-refractivity contribution in [3.8, 4) is 0 Å². The van der Waals surface area contributed by atoms with Crippen molar-refractivity contribution < 1.29 is 0 Å². The van der Waals surface area contributed by atoms with Crippen LogP contribution in [0.25, 0.3) is 0 Å². The summed E-state index contributed by atoms with van der Waals surface area (Å²) < 4.78 is 0. The Morgan fingerprint density at radius 2 is 1.75 bits per heavy atom. The molecule has 0 aromatic rings. The Kier molecular flexibility index (Phi) is 3.94. The Morgan fingerprint density at radius 1 is 1.12 bits per heavy atom. The van der Waals surface area contributed by atoms with Crippen LogP contribution in [0.1, 0.15) is 65.7 Å². The summed E-state index contributed by atoms with van der Waals surface area (Å²) in [4.78, 5) is 0. The number of nitrogens with one attached hydrogen (secondary N) is 1. The van der Waals surface area contributed by atoms with E-state index in [4.69, 9.17) is 0 Å². The average Bonchev–Trinajstić information content (AvgIpc) is 2.15. The summed E-state index contributed by atoms with van der Waals surface area (Å²) in [6, 6.07) is 0.839. The summed E-state index contributed by atoms with van der Waals surface area (Å²) in [7, 11) is 0. The minimum Gasteiger partial charge on any atom is -0.313 e. The summed E-state index contributed by atoms with van der Waals surface area (Å²) in [5, 5.41) is 3.81. The molecule has 0 saturated heterocycles. The fraction of sp³-hybridized carbons (Fsp3) is 1.00. The minimum atomic E-state index is 0.612. The summed E-state index contributed by atoms with van der Waals surface area (Å²) in [5.74, 6) is 1.89. The highest BCUT2D eigenvalue weighted by molar-refractivity contribution is 4.89. The first-order chi connectivity index (χ1) is 7.59. The molecule has 0 heterocycles. The van der Waals surface area contributed by atoms with Gasteiger partial charge in [-0.15, -0.1) is 0 Å². The van der Waals surface area contributed by atoms with E-state index in [2.05, 4.69) is 26.1 Å². The zero-order chi connectivity index (χ0) is 11.6. The van der Waals surface area contributed by atoms with E-state index >= 15 is 0 Å². The van der Waals surface area contributed by atoms with Crippen LogP contribution < -0.4 is 5.32 Å². The van der Waals surface area contributed by atoms with Crippen molar-refractivity contribution in [1.82, 2.24) is 5.32 Å². The second-order valence-corrected chi connectivity index (χ2v) is 6.92. The Balaban J connectivity index is 1.65. The molecule has 2 saturated carbocycles. The standard InChI is InChI=1S/C15H29N/c1-12(2)13-9-14(10-13)16-11-15(3)7-5-4-6-8-15/h12-14,16H,4-11H2,1-3H3. The molecule has 1 N–H and O–H groups in total. The summed E-state index contributed by atoms with van der Waals surface area (Å²) >= 11 is 0. The molecule has 0 spiro atoms. The maximum Gasteiger partial charge on any atom is 0.00727 e. The van der Waals surface area contributed by atoms with Crippen molar-refractivity contribution in [1.29, 1.82) is 0 Å². The fourth-order valence-electron chi connectivity index (χ4n) is 3.35. The first-order valence-corrected chi connectivity index (χ1v) is 7.32. The smallest absolute Gasteiger partial charge is 0.00727 e. The molecule has 94 valence electrons. The van der Waals surface area contributed by atoms with E-state index < -0.39 is 0 Å². The molecule has 2 aliphatic rings. The Morgan fingerprint density at radius 3 is 2.31 bits per heavy atom. The SMILES string of the molecule is CC(C)C1CC(NCC2(C)CCCCC2)C1. The molecule has 2 fully saturated rings. The highest BCUT2D eigenvalue weighted by Crippen LogP contribution is 2.37. The monoisotopic (exact) mass is 223 g/mol. The van der Waals surface area contributed by atoms with Crippen molar-refractivity contribution in [2.75, 3.05) is 6.54 Å². The molecular weight excluding hydrogens is 194 g/mol. The van der Waals surface area contributed by atoms with Gasteiger partial charge in [0.05, 0.1) is 0 Å². The summed E-state index contributed by atoms with van der Waals surface area (Å²) in [5.41, 5.74) is 0.612. The molecule has 1 heteroatoms. The lowest BCUT2D eigenvalue weighted by Crippen LogP contribution is -2.47. The van der Waals surface area contributed by atoms with Gasteiger partial charge in [-0.1, -0.05) is 40.0 Å². The lowest BCUT2D eigenvalue weighted by molar-refractivity contribution is 0.135. The van der Waals surface area contributed by atoms with Crippen LogP contribution in [0.4, 0.5) is 0 Å². The van der Waals surface area contributed by atoms with E-state index in [0.29, 0.717) is 5.41 Å². The van der Waals surface area contributed by atoms with Crippen molar-refractivity contribution >= 4 is 0 Å². The first-order valence-electron chi connectivity index (χ1n) is 7.32. The lowest BCUT2D eigenvalue weighted by atomic mass is 9.72. The van der Waals surface area contributed by atoms with Crippen LogP contribution in [0.2, 0.25) is 0 Å². The van der Waals surface area contributed by atoms with Gasteiger partial charge in [-0.3, -0.25) is 0 Å². The fourth-order valence-corrected chi connectivity index (χ4v) is 3.35. The van der Waals surface area contributed by atoms with Gasteiger partial charge in [0, 0.05) is 12.6 Å². The van der Waals surface area contributed by atoms with Crippen molar-refractivity contribution in [3.05, 3.63) is 0 Å². The molecular formula is C15H29N. The highest BCUT2D eigenvalue weighted by atomic mass is 14.9. The Hall–Kier alpha value is -0.0400. The van der Waals surface area contributed by atoms with Crippen LogP contribution >= 0.6 is 0 Å². The van der Waals surface area contributed by atoms with E-state index in [1.165, 1.54) is 51.5 Å². The topological polar surface area (TPSA) is 12.0 Å². The number of hydrogen-bond donors (Lipinski definition) is 1. The summed E-state index contributed by atoms with van der Waals surface area (Å²) in [6.45, 7) is 8.48. The highest BCUT2D eigenvalue weighted by Gasteiger charge is 2.33. The van der Waals surface area contributed by atoms with Crippen molar-refractivity contribution in [3.63, 3.8) is 0 Å². The molecule has 0 bridgehead atoms. The second-order valence-electron chi connectivity index (χ2n) is 6.92. The van der Waals surface area contributed by atoms with E-state index in [0.717, 1.165) is 17.9 Å². The lowest BCUT2D eigenvalue weighted by Gasteiger charge is -2.42.